The predicted octanol–water partition coefficient (Wildman–Crippen LogP) is 2.87. The summed E-state index contributed by atoms with van der Waals surface area (Å²) in [5, 5.41) is 0. The molecule has 1 aromatic rings. The van der Waals surface area contributed by atoms with E-state index in [-0.39, 0.29) is 6.04 Å². The Labute approximate surface area is 105 Å². The van der Waals surface area contributed by atoms with Gasteiger partial charge in [-0.3, -0.25) is 4.90 Å². The van der Waals surface area contributed by atoms with Crippen LogP contribution in [0, 0.1) is 5.92 Å². The van der Waals surface area contributed by atoms with Crippen LogP contribution in [0.3, 0.4) is 0 Å². The monoisotopic (exact) mass is 238 g/mol. The number of hydrogen-bond acceptors (Lipinski definition) is 3. The molecule has 0 bridgehead atoms. The van der Waals surface area contributed by atoms with Crippen molar-refractivity contribution in [2.24, 2.45) is 11.7 Å². The van der Waals surface area contributed by atoms with Crippen LogP contribution in [0.1, 0.15) is 39.4 Å². The van der Waals surface area contributed by atoms with E-state index >= 15 is 0 Å². The van der Waals surface area contributed by atoms with Crippen LogP contribution in [0.2, 0.25) is 0 Å². The molecule has 98 valence electrons. The van der Waals surface area contributed by atoms with Gasteiger partial charge in [-0.1, -0.05) is 27.2 Å². The first kappa shape index (κ1) is 14.3. The molecule has 0 amide bonds. The topological polar surface area (TPSA) is 42.4 Å². The second-order valence-corrected chi connectivity index (χ2v) is 4.86. The first-order valence-corrected chi connectivity index (χ1v) is 6.67. The molecule has 0 aliphatic carbocycles. The summed E-state index contributed by atoms with van der Waals surface area (Å²) in [6.07, 6.45) is 4.02. The summed E-state index contributed by atoms with van der Waals surface area (Å²) in [6.45, 7) is 9.51. The zero-order chi connectivity index (χ0) is 12.7. The SMILES string of the molecule is CCCN(Cc1ccco1)C[C@H](N)[C@@H](C)CC. The largest absolute Gasteiger partial charge is 0.468 e. The van der Waals surface area contributed by atoms with Crippen molar-refractivity contribution in [1.82, 2.24) is 4.90 Å². The number of nitrogens with zero attached hydrogens (tertiary/aromatic N) is 1. The molecular formula is C14H26N2O. The number of hydrogen-bond donors (Lipinski definition) is 1. The quantitative estimate of drug-likeness (QED) is 0.757. The van der Waals surface area contributed by atoms with Crippen LogP contribution in [-0.2, 0) is 6.54 Å². The Balaban J connectivity index is 2.48. The van der Waals surface area contributed by atoms with Crippen LogP contribution < -0.4 is 5.73 Å². The number of rotatable bonds is 8. The zero-order valence-corrected chi connectivity index (χ0v) is 11.4. The minimum Gasteiger partial charge on any atom is -0.468 e. The molecule has 0 aliphatic heterocycles. The van der Waals surface area contributed by atoms with E-state index in [2.05, 4.69) is 25.7 Å². The average Bonchev–Trinajstić information content (AvgIpc) is 2.81. The summed E-state index contributed by atoms with van der Waals surface area (Å²) in [5.41, 5.74) is 6.22. The molecule has 2 atom stereocenters. The summed E-state index contributed by atoms with van der Waals surface area (Å²) in [4.78, 5) is 2.38. The Morgan fingerprint density at radius 2 is 2.18 bits per heavy atom. The van der Waals surface area contributed by atoms with Gasteiger partial charge in [0.15, 0.2) is 0 Å². The van der Waals surface area contributed by atoms with E-state index < -0.39 is 0 Å². The third-order valence-corrected chi connectivity index (χ3v) is 3.34. The van der Waals surface area contributed by atoms with E-state index in [4.69, 9.17) is 10.2 Å². The predicted molar refractivity (Wildman–Crippen MR) is 71.7 cm³/mol. The van der Waals surface area contributed by atoms with Crippen LogP contribution in [0.25, 0.3) is 0 Å². The van der Waals surface area contributed by atoms with E-state index in [1.54, 1.807) is 6.26 Å². The Kier molecular flexibility index (Phi) is 6.30. The third-order valence-electron chi connectivity index (χ3n) is 3.34. The van der Waals surface area contributed by atoms with E-state index in [9.17, 15) is 0 Å². The van der Waals surface area contributed by atoms with Gasteiger partial charge in [0.2, 0.25) is 0 Å². The molecule has 1 rings (SSSR count). The second kappa shape index (κ2) is 7.51. The molecule has 0 spiro atoms. The van der Waals surface area contributed by atoms with Crippen LogP contribution in [0.15, 0.2) is 22.8 Å². The van der Waals surface area contributed by atoms with Gasteiger partial charge in [0.1, 0.15) is 5.76 Å². The number of nitrogens with two attached hydrogens (primary N) is 1. The molecule has 2 N–H and O–H groups in total. The second-order valence-electron chi connectivity index (χ2n) is 4.86. The lowest BCUT2D eigenvalue weighted by atomic mass is 9.99. The lowest BCUT2D eigenvalue weighted by Crippen LogP contribution is -2.41. The highest BCUT2D eigenvalue weighted by Gasteiger charge is 2.15. The first-order valence-electron chi connectivity index (χ1n) is 6.67. The standard InChI is InChI=1S/C14H26N2O/c1-4-8-16(10-13-7-6-9-17-13)11-14(15)12(3)5-2/h6-7,9,12,14H,4-5,8,10-11,15H2,1-3H3/t12-,14-/m0/s1. The molecule has 17 heavy (non-hydrogen) atoms. The molecule has 0 unspecified atom stereocenters. The van der Waals surface area contributed by atoms with Gasteiger partial charge in [0, 0.05) is 12.6 Å². The Bertz CT molecular complexity index is 284. The van der Waals surface area contributed by atoms with Gasteiger partial charge >= 0.3 is 0 Å². The number of furan rings is 1. The van der Waals surface area contributed by atoms with Gasteiger partial charge < -0.3 is 10.2 Å². The molecule has 0 radical (unpaired) electrons. The maximum Gasteiger partial charge on any atom is 0.117 e. The molecule has 1 aromatic heterocycles. The summed E-state index contributed by atoms with van der Waals surface area (Å²) in [5.74, 6) is 1.60. The van der Waals surface area contributed by atoms with Crippen LogP contribution in [0.4, 0.5) is 0 Å². The summed E-state index contributed by atoms with van der Waals surface area (Å²) in [7, 11) is 0. The maximum absolute atomic E-state index is 6.22. The van der Waals surface area contributed by atoms with Gasteiger partial charge in [0.05, 0.1) is 12.8 Å². The molecular weight excluding hydrogens is 212 g/mol. The van der Waals surface area contributed by atoms with Gasteiger partial charge in [-0.15, -0.1) is 0 Å². The first-order chi connectivity index (χ1) is 8.17. The van der Waals surface area contributed by atoms with Crippen molar-refractivity contribution < 1.29 is 4.42 Å². The molecule has 3 nitrogen and oxygen atoms in total. The average molecular weight is 238 g/mol. The molecule has 0 fully saturated rings. The smallest absolute Gasteiger partial charge is 0.117 e. The molecule has 0 aliphatic rings. The lowest BCUT2D eigenvalue weighted by molar-refractivity contribution is 0.210. The minimum atomic E-state index is 0.251. The summed E-state index contributed by atoms with van der Waals surface area (Å²) >= 11 is 0. The third kappa shape index (κ3) is 4.92. The summed E-state index contributed by atoms with van der Waals surface area (Å²) < 4.78 is 5.40. The van der Waals surface area contributed by atoms with Gasteiger partial charge in [0.25, 0.3) is 0 Å². The highest BCUT2D eigenvalue weighted by Crippen LogP contribution is 2.11. The zero-order valence-electron chi connectivity index (χ0n) is 11.4. The van der Waals surface area contributed by atoms with Crippen LogP contribution in [-0.4, -0.2) is 24.0 Å². The summed E-state index contributed by atoms with van der Waals surface area (Å²) in [6, 6.07) is 4.22. The highest BCUT2D eigenvalue weighted by atomic mass is 16.3. The van der Waals surface area contributed by atoms with E-state index in [0.29, 0.717) is 5.92 Å². The van der Waals surface area contributed by atoms with Crippen LogP contribution >= 0.6 is 0 Å². The van der Waals surface area contributed by atoms with Crippen molar-refractivity contribution in [3.8, 4) is 0 Å². The molecule has 0 saturated heterocycles. The van der Waals surface area contributed by atoms with E-state index in [1.807, 2.05) is 12.1 Å². The molecule has 0 saturated carbocycles. The normalized spacial score (nSPS) is 15.1. The molecule has 3 heteroatoms. The minimum absolute atomic E-state index is 0.251. The van der Waals surface area contributed by atoms with Gasteiger partial charge in [-0.25, -0.2) is 0 Å². The van der Waals surface area contributed by atoms with Gasteiger partial charge in [-0.2, -0.15) is 0 Å². The fourth-order valence-electron chi connectivity index (χ4n) is 1.95. The fourth-order valence-corrected chi connectivity index (χ4v) is 1.95. The van der Waals surface area contributed by atoms with Crippen molar-refractivity contribution in [1.29, 1.82) is 0 Å². The van der Waals surface area contributed by atoms with E-state index in [1.165, 1.54) is 0 Å². The van der Waals surface area contributed by atoms with Crippen molar-refractivity contribution in [2.45, 2.75) is 46.2 Å². The van der Waals surface area contributed by atoms with Gasteiger partial charge in [-0.05, 0) is 31.0 Å². The highest BCUT2D eigenvalue weighted by molar-refractivity contribution is 4.98. The van der Waals surface area contributed by atoms with Crippen molar-refractivity contribution in [2.75, 3.05) is 13.1 Å². The fraction of sp³-hybridized carbons (Fsp3) is 0.714. The van der Waals surface area contributed by atoms with Crippen LogP contribution in [0.5, 0.6) is 0 Å². The van der Waals surface area contributed by atoms with Crippen molar-refractivity contribution >= 4 is 0 Å². The van der Waals surface area contributed by atoms with Crippen molar-refractivity contribution in [3.05, 3.63) is 24.2 Å². The maximum atomic E-state index is 6.22. The molecule has 0 aromatic carbocycles. The van der Waals surface area contributed by atoms with Crippen molar-refractivity contribution in [3.63, 3.8) is 0 Å². The Morgan fingerprint density at radius 1 is 1.41 bits per heavy atom. The Hall–Kier alpha value is -0.800. The Morgan fingerprint density at radius 3 is 2.71 bits per heavy atom. The molecule has 1 heterocycles. The van der Waals surface area contributed by atoms with E-state index in [0.717, 1.165) is 38.2 Å². The lowest BCUT2D eigenvalue weighted by Gasteiger charge is -2.27.